The molecule has 0 radical (unpaired) electrons. The minimum absolute atomic E-state index is 0.496. The van der Waals surface area contributed by atoms with Gasteiger partial charge in [0.1, 0.15) is 0 Å². The molecule has 8 aromatic carbocycles. The lowest BCUT2D eigenvalue weighted by Gasteiger charge is -2.34. The van der Waals surface area contributed by atoms with Crippen LogP contribution >= 0.6 is 11.3 Å². The van der Waals surface area contributed by atoms with Crippen molar-refractivity contribution in [3.8, 4) is 56.2 Å². The molecule has 0 saturated heterocycles. The van der Waals surface area contributed by atoms with Crippen LogP contribution in [0, 0.1) is 0 Å². The predicted molar refractivity (Wildman–Crippen MR) is 234 cm³/mol. The molecule has 0 aliphatic heterocycles. The van der Waals surface area contributed by atoms with E-state index in [2.05, 4.69) is 200 Å². The number of aromatic nitrogens is 2. The van der Waals surface area contributed by atoms with Gasteiger partial charge in [0, 0.05) is 36.9 Å². The van der Waals surface area contributed by atoms with Crippen LogP contribution in [0.3, 0.4) is 0 Å². The second-order valence-corrected chi connectivity index (χ2v) is 15.5. The fraction of sp³-hybridized carbons (Fsp3) is 0.0189. The number of nitrogens with zero attached hydrogens (tertiary/aromatic N) is 2. The molecule has 0 spiro atoms. The average Bonchev–Trinajstić information content (AvgIpc) is 3.81. The Morgan fingerprint density at radius 1 is 0.357 bits per heavy atom. The zero-order chi connectivity index (χ0) is 37.1. The van der Waals surface area contributed by atoms with Crippen LogP contribution < -0.4 is 0 Å². The number of fused-ring (bicyclic) bond motifs is 6. The Morgan fingerprint density at radius 2 is 0.875 bits per heavy atom. The van der Waals surface area contributed by atoms with E-state index >= 15 is 0 Å². The number of hydrogen-bond donors (Lipinski definition) is 0. The van der Waals surface area contributed by atoms with Gasteiger partial charge in [-0.05, 0) is 68.8 Å². The molecule has 2 aromatic heterocycles. The third kappa shape index (κ3) is 5.09. The van der Waals surface area contributed by atoms with Gasteiger partial charge in [0.2, 0.25) is 0 Å². The fourth-order valence-corrected chi connectivity index (χ4v) is 10.1. The molecule has 2 nitrogen and oxygen atoms in total. The van der Waals surface area contributed by atoms with E-state index in [0.717, 1.165) is 28.1 Å². The Kier molecular flexibility index (Phi) is 7.61. The molecule has 0 bridgehead atoms. The first-order chi connectivity index (χ1) is 27.8. The van der Waals surface area contributed by atoms with Crippen molar-refractivity contribution >= 4 is 31.5 Å². The molecular formula is C53H34N2S. The summed E-state index contributed by atoms with van der Waals surface area (Å²) in [7, 11) is 0. The third-order valence-electron chi connectivity index (χ3n) is 11.4. The van der Waals surface area contributed by atoms with Gasteiger partial charge in [-0.15, -0.1) is 11.3 Å². The summed E-state index contributed by atoms with van der Waals surface area (Å²) < 4.78 is 2.61. The standard InChI is InChI=1S/C53H34N2S/c1-3-16-35(17-4-1)52-54-48(37-19-13-18-36(32-37)41-27-15-28-45-44-26-9-12-31-50(44)56-51(41)45)34-49(55-52)38-20-14-23-40(33-38)53(39-21-5-2-6-22-39)46-29-10-7-24-42(46)43-25-8-11-30-47(43)53/h1-34H. The average molecular weight is 731 g/mol. The maximum absolute atomic E-state index is 5.29. The van der Waals surface area contributed by atoms with Gasteiger partial charge in [-0.3, -0.25) is 0 Å². The lowest BCUT2D eigenvalue weighted by Crippen LogP contribution is -2.28. The third-order valence-corrected chi connectivity index (χ3v) is 12.6. The van der Waals surface area contributed by atoms with E-state index in [-0.39, 0.29) is 0 Å². The molecule has 1 aliphatic carbocycles. The first-order valence-electron chi connectivity index (χ1n) is 19.1. The highest BCUT2D eigenvalue weighted by Gasteiger charge is 2.45. The van der Waals surface area contributed by atoms with E-state index in [1.165, 1.54) is 64.7 Å². The van der Waals surface area contributed by atoms with Crippen LogP contribution in [0.4, 0.5) is 0 Å². The smallest absolute Gasteiger partial charge is 0.160 e. The lowest BCUT2D eigenvalue weighted by molar-refractivity contribution is 0.768. The molecule has 10 aromatic rings. The van der Waals surface area contributed by atoms with Crippen LogP contribution in [0.2, 0.25) is 0 Å². The molecule has 0 atom stereocenters. The van der Waals surface area contributed by atoms with Crippen molar-refractivity contribution in [3.63, 3.8) is 0 Å². The van der Waals surface area contributed by atoms with E-state index in [1.807, 2.05) is 17.4 Å². The maximum Gasteiger partial charge on any atom is 0.160 e. The summed E-state index contributed by atoms with van der Waals surface area (Å²) in [6.07, 6.45) is 0. The zero-order valence-corrected chi connectivity index (χ0v) is 31.2. The first kappa shape index (κ1) is 32.5. The molecule has 1 aliphatic rings. The summed E-state index contributed by atoms with van der Waals surface area (Å²) >= 11 is 1.86. The summed E-state index contributed by atoms with van der Waals surface area (Å²) in [6.45, 7) is 0. The number of rotatable bonds is 6. The molecule has 0 N–H and O–H groups in total. The number of thiophene rings is 1. The van der Waals surface area contributed by atoms with Crippen LogP contribution in [0.15, 0.2) is 206 Å². The van der Waals surface area contributed by atoms with Gasteiger partial charge in [0.25, 0.3) is 0 Å². The van der Waals surface area contributed by atoms with Crippen molar-refractivity contribution in [1.29, 1.82) is 0 Å². The lowest BCUT2D eigenvalue weighted by atomic mass is 9.67. The van der Waals surface area contributed by atoms with Crippen molar-refractivity contribution in [2.45, 2.75) is 5.41 Å². The Labute approximate surface area is 330 Å². The largest absolute Gasteiger partial charge is 0.228 e. The van der Waals surface area contributed by atoms with Crippen LogP contribution in [0.5, 0.6) is 0 Å². The molecule has 0 saturated carbocycles. The summed E-state index contributed by atoms with van der Waals surface area (Å²) in [4.78, 5) is 10.5. The van der Waals surface area contributed by atoms with Gasteiger partial charge < -0.3 is 0 Å². The maximum atomic E-state index is 5.29. The summed E-state index contributed by atoms with van der Waals surface area (Å²) in [6, 6.07) is 74.4. The van der Waals surface area contributed by atoms with Crippen molar-refractivity contribution in [3.05, 3.63) is 229 Å². The highest BCUT2D eigenvalue weighted by molar-refractivity contribution is 7.26. The number of hydrogen-bond acceptors (Lipinski definition) is 3. The van der Waals surface area contributed by atoms with Gasteiger partial charge >= 0.3 is 0 Å². The van der Waals surface area contributed by atoms with Crippen molar-refractivity contribution in [2.75, 3.05) is 0 Å². The number of benzene rings is 8. The minimum Gasteiger partial charge on any atom is -0.228 e. The zero-order valence-electron chi connectivity index (χ0n) is 30.4. The van der Waals surface area contributed by atoms with E-state index in [4.69, 9.17) is 9.97 Å². The van der Waals surface area contributed by atoms with Gasteiger partial charge in [-0.25, -0.2) is 9.97 Å². The topological polar surface area (TPSA) is 25.8 Å². The molecule has 56 heavy (non-hydrogen) atoms. The van der Waals surface area contributed by atoms with Crippen molar-refractivity contribution in [2.24, 2.45) is 0 Å². The molecule has 11 rings (SSSR count). The van der Waals surface area contributed by atoms with Crippen molar-refractivity contribution in [1.82, 2.24) is 9.97 Å². The Morgan fingerprint density at radius 3 is 1.62 bits per heavy atom. The molecule has 262 valence electrons. The molecular weight excluding hydrogens is 697 g/mol. The quantitative estimate of drug-likeness (QED) is 0.170. The molecule has 0 amide bonds. The van der Waals surface area contributed by atoms with E-state index in [9.17, 15) is 0 Å². The fourth-order valence-electron chi connectivity index (χ4n) is 8.90. The van der Waals surface area contributed by atoms with E-state index < -0.39 is 5.41 Å². The van der Waals surface area contributed by atoms with Crippen LogP contribution in [0.25, 0.3) is 76.3 Å². The predicted octanol–water partition coefficient (Wildman–Crippen LogP) is 13.9. The van der Waals surface area contributed by atoms with E-state index in [1.54, 1.807) is 0 Å². The first-order valence-corrected chi connectivity index (χ1v) is 19.9. The molecule has 3 heteroatoms. The van der Waals surface area contributed by atoms with Gasteiger partial charge in [-0.1, -0.05) is 182 Å². The Hall–Kier alpha value is -6.94. The minimum atomic E-state index is -0.496. The molecule has 2 heterocycles. The Balaban J connectivity index is 1.10. The second kappa shape index (κ2) is 13.1. The highest BCUT2D eigenvalue weighted by atomic mass is 32.1. The highest BCUT2D eigenvalue weighted by Crippen LogP contribution is 2.56. The molecule has 0 fully saturated rings. The molecule has 0 unspecified atom stereocenters. The Bertz CT molecular complexity index is 3040. The second-order valence-electron chi connectivity index (χ2n) is 14.5. The summed E-state index contributed by atoms with van der Waals surface area (Å²) in [5, 5.41) is 2.60. The van der Waals surface area contributed by atoms with Gasteiger partial charge in [0.15, 0.2) is 5.82 Å². The van der Waals surface area contributed by atoms with Gasteiger partial charge in [0.05, 0.1) is 16.8 Å². The summed E-state index contributed by atoms with van der Waals surface area (Å²) in [5.41, 5.74) is 14.4. The van der Waals surface area contributed by atoms with Gasteiger partial charge in [-0.2, -0.15) is 0 Å². The SMILES string of the molecule is c1ccc(-c2nc(-c3cccc(-c4cccc5c4sc4ccccc45)c3)cc(-c3cccc(C4(c5ccccc5)c5ccccc5-c5ccccc54)c3)n2)cc1. The normalized spacial score (nSPS) is 12.8. The summed E-state index contributed by atoms with van der Waals surface area (Å²) in [5.74, 6) is 0.704. The van der Waals surface area contributed by atoms with Crippen LogP contribution in [0.1, 0.15) is 22.3 Å². The van der Waals surface area contributed by atoms with E-state index in [0.29, 0.717) is 5.82 Å². The van der Waals surface area contributed by atoms with Crippen LogP contribution in [-0.4, -0.2) is 9.97 Å². The van der Waals surface area contributed by atoms with Crippen LogP contribution in [-0.2, 0) is 5.41 Å². The monoisotopic (exact) mass is 730 g/mol. The van der Waals surface area contributed by atoms with Crippen molar-refractivity contribution < 1.29 is 0 Å².